The second kappa shape index (κ2) is 4.75. The molecular weight excluding hydrogens is 234 g/mol. The number of nitrogens with two attached hydrogens (primary N) is 1. The molecule has 0 radical (unpaired) electrons. The smallest absolute Gasteiger partial charge is 0.134 e. The molecule has 0 saturated heterocycles. The lowest BCUT2D eigenvalue weighted by Crippen LogP contribution is -2.19. The minimum atomic E-state index is -0.240. The molecule has 2 aromatic carbocycles. The van der Waals surface area contributed by atoms with Crippen LogP contribution in [0.4, 0.5) is 0 Å². The number of benzene rings is 2. The zero-order chi connectivity index (χ0) is 13.2. The highest BCUT2D eigenvalue weighted by Gasteiger charge is 2.19. The summed E-state index contributed by atoms with van der Waals surface area (Å²) < 4.78 is 5.78. The molecule has 0 spiro atoms. The van der Waals surface area contributed by atoms with Gasteiger partial charge in [-0.15, -0.1) is 6.58 Å². The molecule has 2 aromatic rings. The van der Waals surface area contributed by atoms with E-state index < -0.39 is 0 Å². The predicted molar refractivity (Wildman–Crippen MR) is 78.7 cm³/mol. The molecule has 0 saturated carbocycles. The summed E-state index contributed by atoms with van der Waals surface area (Å²) in [5, 5.41) is 0. The lowest BCUT2D eigenvalue weighted by atomic mass is 9.92. The molecule has 94 valence electrons. The minimum absolute atomic E-state index is 0.240. The topological polar surface area (TPSA) is 35.2 Å². The van der Waals surface area contributed by atoms with Crippen molar-refractivity contribution in [1.82, 2.24) is 0 Å². The lowest BCUT2D eigenvalue weighted by Gasteiger charge is -2.13. The predicted octanol–water partition coefficient (Wildman–Crippen LogP) is 3.60. The largest absolute Gasteiger partial charge is 0.464 e. The van der Waals surface area contributed by atoms with Gasteiger partial charge in [-0.05, 0) is 17.2 Å². The van der Waals surface area contributed by atoms with Gasteiger partial charge in [0, 0.05) is 11.1 Å². The molecule has 1 aliphatic heterocycles. The van der Waals surface area contributed by atoms with Gasteiger partial charge in [0.25, 0.3) is 0 Å². The molecule has 1 atom stereocenters. The van der Waals surface area contributed by atoms with E-state index in [4.69, 9.17) is 10.5 Å². The Balaban J connectivity index is 2.26. The summed E-state index contributed by atoms with van der Waals surface area (Å²) in [5.74, 6) is 0.848. The summed E-state index contributed by atoms with van der Waals surface area (Å²) in [6.07, 6.45) is 3.46. The van der Waals surface area contributed by atoms with E-state index in [1.165, 1.54) is 0 Å². The maximum absolute atomic E-state index is 6.10. The molecule has 2 heteroatoms. The van der Waals surface area contributed by atoms with Gasteiger partial charge in [-0.1, -0.05) is 48.5 Å². The molecule has 2 nitrogen and oxygen atoms in total. The molecule has 1 heterocycles. The van der Waals surface area contributed by atoms with Gasteiger partial charge < -0.3 is 10.5 Å². The van der Waals surface area contributed by atoms with Crippen molar-refractivity contribution in [2.45, 2.75) is 6.04 Å². The normalized spacial score (nSPS) is 14.3. The summed E-state index contributed by atoms with van der Waals surface area (Å²) >= 11 is 0. The van der Waals surface area contributed by atoms with Crippen molar-refractivity contribution in [3.8, 4) is 16.9 Å². The van der Waals surface area contributed by atoms with Crippen molar-refractivity contribution in [3.63, 3.8) is 0 Å². The van der Waals surface area contributed by atoms with Crippen molar-refractivity contribution in [1.29, 1.82) is 0 Å². The molecule has 2 N–H and O–H groups in total. The zero-order valence-electron chi connectivity index (χ0n) is 10.5. The Hall–Kier alpha value is -2.32. The number of hydrogen-bond donors (Lipinski definition) is 1. The second-order valence-electron chi connectivity index (χ2n) is 4.49. The van der Waals surface area contributed by atoms with E-state index in [1.807, 2.05) is 30.3 Å². The summed E-state index contributed by atoms with van der Waals surface area (Å²) in [4.78, 5) is 0. The number of para-hydroxylation sites is 1. The van der Waals surface area contributed by atoms with Gasteiger partial charge in [-0.25, -0.2) is 0 Å². The van der Waals surface area contributed by atoms with Crippen LogP contribution in [0.3, 0.4) is 0 Å². The van der Waals surface area contributed by atoms with Gasteiger partial charge >= 0.3 is 0 Å². The average Bonchev–Trinajstić information content (AvgIpc) is 2.64. The first-order valence-corrected chi connectivity index (χ1v) is 6.25. The van der Waals surface area contributed by atoms with Crippen molar-refractivity contribution in [2.75, 3.05) is 0 Å². The lowest BCUT2D eigenvalue weighted by molar-refractivity contribution is 0.484. The van der Waals surface area contributed by atoms with E-state index >= 15 is 0 Å². The van der Waals surface area contributed by atoms with E-state index in [-0.39, 0.29) is 6.04 Å². The number of hydrogen-bond acceptors (Lipinski definition) is 2. The van der Waals surface area contributed by atoms with Gasteiger partial charge in [-0.3, -0.25) is 0 Å². The Morgan fingerprint density at radius 1 is 0.947 bits per heavy atom. The number of rotatable bonds is 2. The van der Waals surface area contributed by atoms with Crippen molar-refractivity contribution < 1.29 is 4.74 Å². The highest BCUT2D eigenvalue weighted by molar-refractivity contribution is 5.87. The van der Waals surface area contributed by atoms with Crippen LogP contribution in [0.2, 0.25) is 0 Å². The number of ether oxygens (including phenoxy) is 1. The van der Waals surface area contributed by atoms with E-state index in [1.54, 1.807) is 12.3 Å². The number of fused-ring (bicyclic) bond motifs is 3. The molecule has 3 rings (SSSR count). The van der Waals surface area contributed by atoms with Crippen LogP contribution >= 0.6 is 0 Å². The Bertz CT molecular complexity index is 658. The fourth-order valence-electron chi connectivity index (χ4n) is 2.34. The fraction of sp³-hybridized carbons (Fsp3) is 0.0588. The maximum Gasteiger partial charge on any atom is 0.134 e. The van der Waals surface area contributed by atoms with Crippen LogP contribution in [-0.2, 0) is 0 Å². The van der Waals surface area contributed by atoms with Crippen LogP contribution < -0.4 is 10.5 Å². The van der Waals surface area contributed by atoms with Crippen LogP contribution in [0.15, 0.2) is 67.4 Å². The van der Waals surface area contributed by atoms with Crippen LogP contribution in [-0.4, -0.2) is 6.04 Å². The average molecular weight is 249 g/mol. The Labute approximate surface area is 112 Å². The van der Waals surface area contributed by atoms with Gasteiger partial charge in [-0.2, -0.15) is 0 Å². The third-order valence-corrected chi connectivity index (χ3v) is 3.34. The first-order chi connectivity index (χ1) is 9.31. The minimum Gasteiger partial charge on any atom is -0.464 e. The third-order valence-electron chi connectivity index (χ3n) is 3.34. The molecule has 0 amide bonds. The zero-order valence-corrected chi connectivity index (χ0v) is 10.5. The van der Waals surface area contributed by atoms with Gasteiger partial charge in [0.05, 0.1) is 12.3 Å². The molecule has 0 fully saturated rings. The SMILES string of the molecule is C=CC(N)C1=COc2ccccc2-c2ccccc21. The third kappa shape index (κ3) is 1.96. The molecule has 1 unspecified atom stereocenters. The van der Waals surface area contributed by atoms with Crippen LogP contribution in [0.1, 0.15) is 5.56 Å². The quantitative estimate of drug-likeness (QED) is 0.825. The van der Waals surface area contributed by atoms with E-state index in [2.05, 4.69) is 24.8 Å². The van der Waals surface area contributed by atoms with Gasteiger partial charge in [0.2, 0.25) is 0 Å². The summed E-state index contributed by atoms with van der Waals surface area (Å²) in [7, 11) is 0. The highest BCUT2D eigenvalue weighted by atomic mass is 16.5. The highest BCUT2D eigenvalue weighted by Crippen LogP contribution is 2.38. The molecule has 0 aromatic heterocycles. The molecule has 19 heavy (non-hydrogen) atoms. The van der Waals surface area contributed by atoms with Crippen LogP contribution in [0.25, 0.3) is 16.7 Å². The van der Waals surface area contributed by atoms with E-state index in [0.717, 1.165) is 28.0 Å². The van der Waals surface area contributed by atoms with E-state index in [9.17, 15) is 0 Å². The van der Waals surface area contributed by atoms with Crippen molar-refractivity contribution in [2.24, 2.45) is 5.73 Å². The summed E-state index contributed by atoms with van der Waals surface area (Å²) in [6, 6.07) is 16.0. The monoisotopic (exact) mass is 249 g/mol. The Morgan fingerprint density at radius 2 is 1.58 bits per heavy atom. The second-order valence-corrected chi connectivity index (χ2v) is 4.49. The maximum atomic E-state index is 6.10. The van der Waals surface area contributed by atoms with Gasteiger partial charge in [0.15, 0.2) is 0 Å². The first-order valence-electron chi connectivity index (χ1n) is 6.25. The van der Waals surface area contributed by atoms with Crippen LogP contribution in [0.5, 0.6) is 5.75 Å². The summed E-state index contributed by atoms with van der Waals surface area (Å²) in [6.45, 7) is 3.77. The molecular formula is C17H15NO. The first kappa shape index (κ1) is 11.8. The van der Waals surface area contributed by atoms with Crippen molar-refractivity contribution in [3.05, 3.63) is 73.0 Å². The van der Waals surface area contributed by atoms with Gasteiger partial charge in [0.1, 0.15) is 5.75 Å². The van der Waals surface area contributed by atoms with E-state index in [0.29, 0.717) is 0 Å². The standard InChI is InChI=1S/C17H15NO/c1-2-16(18)15-11-19-17-10-6-5-9-14(17)12-7-3-4-8-13(12)15/h2-11,16H,1,18H2. The van der Waals surface area contributed by atoms with Crippen molar-refractivity contribution >= 4 is 5.57 Å². The fourth-order valence-corrected chi connectivity index (χ4v) is 2.34. The molecule has 0 bridgehead atoms. The van der Waals surface area contributed by atoms with Crippen LogP contribution in [0, 0.1) is 0 Å². The molecule has 0 aliphatic carbocycles. The molecule has 1 aliphatic rings. The Morgan fingerprint density at radius 3 is 2.32 bits per heavy atom. The Kier molecular flexibility index (Phi) is 2.94. The summed E-state index contributed by atoms with van der Waals surface area (Å²) in [5.41, 5.74) is 10.4.